The van der Waals surface area contributed by atoms with Crippen molar-refractivity contribution in [3.05, 3.63) is 90.0 Å². The fourth-order valence-electron chi connectivity index (χ4n) is 4.91. The fraction of sp³-hybridized carbons (Fsp3) is 0.269. The maximum absolute atomic E-state index is 12.5. The van der Waals surface area contributed by atoms with Crippen molar-refractivity contribution in [3.8, 4) is 5.75 Å². The number of hydrogen-bond acceptors (Lipinski definition) is 3. The maximum Gasteiger partial charge on any atom is 0.313 e. The van der Waals surface area contributed by atoms with Gasteiger partial charge in [0.2, 0.25) is 0 Å². The third kappa shape index (κ3) is 3.21. The second-order valence-corrected chi connectivity index (χ2v) is 8.33. The summed E-state index contributed by atoms with van der Waals surface area (Å²) in [6, 6.07) is 22.8. The van der Waals surface area contributed by atoms with Crippen molar-refractivity contribution in [2.24, 2.45) is 11.3 Å². The first kappa shape index (κ1) is 18.0. The summed E-state index contributed by atoms with van der Waals surface area (Å²) < 4.78 is 11.4. The van der Waals surface area contributed by atoms with Crippen LogP contribution in [-0.4, -0.2) is 12.6 Å². The van der Waals surface area contributed by atoms with Crippen LogP contribution in [0.2, 0.25) is 0 Å². The average molecular weight is 384 g/mol. The second kappa shape index (κ2) is 7.07. The molecule has 0 bridgehead atoms. The van der Waals surface area contributed by atoms with Crippen molar-refractivity contribution < 1.29 is 14.3 Å². The van der Waals surface area contributed by atoms with Crippen LogP contribution in [0.5, 0.6) is 5.75 Å². The van der Waals surface area contributed by atoms with Crippen molar-refractivity contribution in [2.45, 2.75) is 25.9 Å². The second-order valence-electron chi connectivity index (χ2n) is 8.33. The van der Waals surface area contributed by atoms with Gasteiger partial charge in [0.1, 0.15) is 12.4 Å². The molecular formula is C26H24O3. The molecule has 2 unspecified atom stereocenters. The van der Waals surface area contributed by atoms with E-state index in [1.54, 1.807) is 0 Å². The minimum absolute atomic E-state index is 0.0579. The highest BCUT2D eigenvalue weighted by Crippen LogP contribution is 2.52. The van der Waals surface area contributed by atoms with Gasteiger partial charge in [0.25, 0.3) is 0 Å². The number of ether oxygens (including phenoxy) is 2. The molecule has 3 aromatic carbocycles. The molecule has 0 aromatic heterocycles. The van der Waals surface area contributed by atoms with Crippen LogP contribution >= 0.6 is 0 Å². The van der Waals surface area contributed by atoms with Crippen molar-refractivity contribution in [1.82, 2.24) is 0 Å². The molecule has 3 heteroatoms. The van der Waals surface area contributed by atoms with E-state index in [9.17, 15) is 4.79 Å². The number of benzene rings is 3. The van der Waals surface area contributed by atoms with Gasteiger partial charge in [-0.2, -0.15) is 0 Å². The monoisotopic (exact) mass is 384 g/mol. The van der Waals surface area contributed by atoms with Gasteiger partial charge in [0.05, 0.1) is 12.0 Å². The molecule has 0 amide bonds. The predicted octanol–water partition coefficient (Wildman–Crippen LogP) is 5.47. The van der Waals surface area contributed by atoms with E-state index in [-0.39, 0.29) is 11.9 Å². The summed E-state index contributed by atoms with van der Waals surface area (Å²) in [6.07, 6.45) is 2.35. The summed E-state index contributed by atoms with van der Waals surface area (Å²) >= 11 is 0. The highest BCUT2D eigenvalue weighted by Gasteiger charge is 2.55. The molecule has 146 valence electrons. The smallest absolute Gasteiger partial charge is 0.313 e. The van der Waals surface area contributed by atoms with Crippen LogP contribution in [0.3, 0.4) is 0 Å². The Bertz CT molecular complexity index is 1080. The summed E-state index contributed by atoms with van der Waals surface area (Å²) in [5.74, 6) is 1.04. The number of carbonyl (C=O) groups excluding carboxylic acids is 1. The summed E-state index contributed by atoms with van der Waals surface area (Å²) in [5, 5.41) is 2.44. The van der Waals surface area contributed by atoms with E-state index in [4.69, 9.17) is 9.47 Å². The molecule has 29 heavy (non-hydrogen) atoms. The lowest BCUT2D eigenvalue weighted by Crippen LogP contribution is -2.31. The zero-order valence-electron chi connectivity index (χ0n) is 16.4. The molecule has 2 fully saturated rings. The Kier molecular flexibility index (Phi) is 4.39. The number of fused-ring (bicyclic) bond motifs is 2. The molecule has 2 aliphatic rings. The van der Waals surface area contributed by atoms with Crippen molar-refractivity contribution in [2.75, 3.05) is 6.61 Å². The van der Waals surface area contributed by atoms with E-state index in [0.717, 1.165) is 24.2 Å². The number of carbonyl (C=O) groups is 1. The summed E-state index contributed by atoms with van der Waals surface area (Å²) in [6.45, 7) is 5.18. The third-order valence-corrected chi connectivity index (χ3v) is 6.42. The minimum atomic E-state index is -0.414. The van der Waals surface area contributed by atoms with Crippen LogP contribution in [0.25, 0.3) is 10.8 Å². The van der Waals surface area contributed by atoms with E-state index in [0.29, 0.717) is 19.6 Å². The number of cyclic esters (lactones) is 1. The van der Waals surface area contributed by atoms with Crippen LogP contribution in [0, 0.1) is 11.3 Å². The molecule has 1 aliphatic carbocycles. The van der Waals surface area contributed by atoms with Gasteiger partial charge < -0.3 is 9.47 Å². The van der Waals surface area contributed by atoms with Gasteiger partial charge in [-0.05, 0) is 53.3 Å². The Morgan fingerprint density at radius 2 is 1.83 bits per heavy atom. The van der Waals surface area contributed by atoms with Crippen LogP contribution in [-0.2, 0) is 22.6 Å². The predicted molar refractivity (Wildman–Crippen MR) is 114 cm³/mol. The molecule has 0 radical (unpaired) electrons. The molecule has 3 aromatic rings. The lowest BCUT2D eigenvalue weighted by Gasteiger charge is -2.24. The van der Waals surface area contributed by atoms with Crippen molar-refractivity contribution in [3.63, 3.8) is 0 Å². The highest BCUT2D eigenvalue weighted by atomic mass is 16.5. The van der Waals surface area contributed by atoms with E-state index in [2.05, 4.69) is 61.2 Å². The first-order valence-corrected chi connectivity index (χ1v) is 10.2. The molecular weight excluding hydrogens is 360 g/mol. The SMILES string of the molecule is C=C1CC2COC(=O)C2(Cc2ccc(OCc3cccc4ccccc34)cc2)C1. The van der Waals surface area contributed by atoms with Crippen molar-refractivity contribution in [1.29, 1.82) is 0 Å². The Morgan fingerprint density at radius 1 is 1.03 bits per heavy atom. The molecule has 5 rings (SSSR count). The van der Waals surface area contributed by atoms with Gasteiger partial charge in [-0.15, -0.1) is 0 Å². The lowest BCUT2D eigenvalue weighted by molar-refractivity contribution is -0.146. The third-order valence-electron chi connectivity index (χ3n) is 6.42. The van der Waals surface area contributed by atoms with Crippen LogP contribution in [0.15, 0.2) is 78.9 Å². The Labute approximate surface area is 171 Å². The molecule has 1 aliphatic heterocycles. The number of allylic oxidation sites excluding steroid dienone is 1. The standard InChI is InChI=1S/C26H24O3/c1-18-13-22-17-29-25(27)26(22,14-18)15-19-9-11-23(12-10-19)28-16-21-7-4-6-20-5-2-3-8-24(20)21/h2-12,22H,1,13-17H2. The molecule has 1 heterocycles. The zero-order valence-corrected chi connectivity index (χ0v) is 16.4. The summed E-state index contributed by atoms with van der Waals surface area (Å²) in [5.41, 5.74) is 3.07. The van der Waals surface area contributed by atoms with Crippen LogP contribution in [0.4, 0.5) is 0 Å². The minimum Gasteiger partial charge on any atom is -0.489 e. The van der Waals surface area contributed by atoms with Gasteiger partial charge >= 0.3 is 5.97 Å². The lowest BCUT2D eigenvalue weighted by atomic mass is 9.75. The molecule has 0 spiro atoms. The largest absolute Gasteiger partial charge is 0.489 e. The summed E-state index contributed by atoms with van der Waals surface area (Å²) in [7, 11) is 0. The molecule has 1 saturated carbocycles. The first-order valence-electron chi connectivity index (χ1n) is 10.2. The van der Waals surface area contributed by atoms with Crippen LogP contribution in [0.1, 0.15) is 24.0 Å². The van der Waals surface area contributed by atoms with Gasteiger partial charge in [-0.3, -0.25) is 4.79 Å². The fourth-order valence-corrected chi connectivity index (χ4v) is 4.91. The molecule has 0 N–H and O–H groups in total. The number of hydrogen-bond donors (Lipinski definition) is 0. The van der Waals surface area contributed by atoms with Gasteiger partial charge in [0, 0.05) is 5.92 Å². The topological polar surface area (TPSA) is 35.5 Å². The Hall–Kier alpha value is -3.07. The molecule has 2 atom stereocenters. The molecule has 3 nitrogen and oxygen atoms in total. The normalized spacial score (nSPS) is 23.2. The first-order chi connectivity index (χ1) is 14.1. The van der Waals surface area contributed by atoms with Gasteiger partial charge in [-0.25, -0.2) is 0 Å². The maximum atomic E-state index is 12.5. The van der Waals surface area contributed by atoms with E-state index in [1.165, 1.54) is 21.9 Å². The number of esters is 1. The van der Waals surface area contributed by atoms with E-state index >= 15 is 0 Å². The van der Waals surface area contributed by atoms with Gasteiger partial charge in [0.15, 0.2) is 0 Å². The van der Waals surface area contributed by atoms with Crippen LogP contribution < -0.4 is 4.74 Å². The average Bonchev–Trinajstić information content (AvgIpc) is 3.21. The Morgan fingerprint density at radius 3 is 2.69 bits per heavy atom. The van der Waals surface area contributed by atoms with E-state index < -0.39 is 5.41 Å². The summed E-state index contributed by atoms with van der Waals surface area (Å²) in [4.78, 5) is 12.5. The zero-order chi connectivity index (χ0) is 19.8. The van der Waals surface area contributed by atoms with Crippen molar-refractivity contribution >= 4 is 16.7 Å². The quantitative estimate of drug-likeness (QED) is 0.432. The highest BCUT2D eigenvalue weighted by molar-refractivity contribution is 5.85. The van der Waals surface area contributed by atoms with E-state index in [1.807, 2.05) is 12.1 Å². The number of rotatable bonds is 5. The Balaban J connectivity index is 1.29. The van der Waals surface area contributed by atoms with Gasteiger partial charge in [-0.1, -0.05) is 66.7 Å². The molecule has 1 saturated heterocycles.